The average Bonchev–Trinajstić information content (AvgIpc) is 2.60. The standard InChI is InChI=1S/C20H36FNO3/c1-22(13-11-20(23)24)12-2-14-25-19-9-5-17(6-10-19)15-16-3-7-18(21)8-4-16/h16-19H,2-15H2,1H3,(H,23,24). The van der Waals surface area contributed by atoms with Gasteiger partial charge in [-0.1, -0.05) is 0 Å². The second-order valence-corrected chi connectivity index (χ2v) is 8.17. The van der Waals surface area contributed by atoms with Gasteiger partial charge >= 0.3 is 5.97 Å². The van der Waals surface area contributed by atoms with Gasteiger partial charge in [-0.05, 0) is 83.1 Å². The Morgan fingerprint density at radius 3 is 2.24 bits per heavy atom. The van der Waals surface area contributed by atoms with Crippen LogP contribution in [0.1, 0.15) is 70.6 Å². The van der Waals surface area contributed by atoms with Gasteiger partial charge in [0.25, 0.3) is 0 Å². The van der Waals surface area contributed by atoms with Crippen LogP contribution in [0.2, 0.25) is 0 Å². The van der Waals surface area contributed by atoms with Crippen LogP contribution in [-0.4, -0.2) is 55.0 Å². The predicted molar refractivity (Wildman–Crippen MR) is 97.5 cm³/mol. The highest BCUT2D eigenvalue weighted by Gasteiger charge is 2.27. The van der Waals surface area contributed by atoms with E-state index in [1.54, 1.807) is 0 Å². The van der Waals surface area contributed by atoms with Crippen molar-refractivity contribution < 1.29 is 19.0 Å². The summed E-state index contributed by atoms with van der Waals surface area (Å²) >= 11 is 0. The molecule has 0 aromatic rings. The molecule has 2 aliphatic rings. The first-order valence-corrected chi connectivity index (χ1v) is 10.2. The highest BCUT2D eigenvalue weighted by atomic mass is 19.1. The first-order valence-electron chi connectivity index (χ1n) is 10.2. The normalized spacial score (nSPS) is 30.5. The number of carboxylic acids is 1. The molecular weight excluding hydrogens is 321 g/mol. The lowest BCUT2D eigenvalue weighted by molar-refractivity contribution is -0.137. The Morgan fingerprint density at radius 2 is 1.64 bits per heavy atom. The van der Waals surface area contributed by atoms with E-state index in [1.807, 2.05) is 7.05 Å². The zero-order chi connectivity index (χ0) is 18.1. The number of carbonyl (C=O) groups is 1. The summed E-state index contributed by atoms with van der Waals surface area (Å²) in [6, 6.07) is 0. The maximum atomic E-state index is 13.2. The molecule has 2 fully saturated rings. The van der Waals surface area contributed by atoms with Crippen molar-refractivity contribution in [3.05, 3.63) is 0 Å². The van der Waals surface area contributed by atoms with Crippen molar-refractivity contribution in [3.63, 3.8) is 0 Å². The Morgan fingerprint density at radius 1 is 1.04 bits per heavy atom. The molecule has 0 aromatic heterocycles. The summed E-state index contributed by atoms with van der Waals surface area (Å²) in [6.45, 7) is 2.26. The Bertz CT molecular complexity index is 377. The highest BCUT2D eigenvalue weighted by molar-refractivity contribution is 5.66. The van der Waals surface area contributed by atoms with Gasteiger partial charge in [-0.25, -0.2) is 4.39 Å². The minimum Gasteiger partial charge on any atom is -0.481 e. The van der Waals surface area contributed by atoms with Crippen LogP contribution < -0.4 is 0 Å². The SMILES string of the molecule is CN(CCCOC1CCC(CC2CCC(F)CC2)CC1)CCC(=O)O. The highest BCUT2D eigenvalue weighted by Crippen LogP contribution is 2.36. The van der Waals surface area contributed by atoms with E-state index in [2.05, 4.69) is 4.90 Å². The third-order valence-electron chi connectivity index (χ3n) is 5.98. The van der Waals surface area contributed by atoms with Crippen LogP contribution in [0.25, 0.3) is 0 Å². The first-order chi connectivity index (χ1) is 12.0. The molecule has 1 N–H and O–H groups in total. The molecule has 0 atom stereocenters. The molecule has 25 heavy (non-hydrogen) atoms. The van der Waals surface area contributed by atoms with Crippen LogP contribution in [0, 0.1) is 11.8 Å². The van der Waals surface area contributed by atoms with Crippen molar-refractivity contribution in [2.45, 2.75) is 82.9 Å². The molecule has 0 heterocycles. The molecular formula is C20H36FNO3. The summed E-state index contributed by atoms with van der Waals surface area (Å²) in [7, 11) is 1.96. The lowest BCUT2D eigenvalue weighted by atomic mass is 9.77. The van der Waals surface area contributed by atoms with Crippen molar-refractivity contribution in [2.24, 2.45) is 11.8 Å². The second kappa shape index (κ2) is 11.1. The van der Waals surface area contributed by atoms with Gasteiger partial charge in [0.1, 0.15) is 6.17 Å². The van der Waals surface area contributed by atoms with E-state index >= 15 is 0 Å². The van der Waals surface area contributed by atoms with E-state index in [0.717, 1.165) is 69.9 Å². The molecule has 0 spiro atoms. The summed E-state index contributed by atoms with van der Waals surface area (Å²) in [5, 5.41) is 8.67. The molecule has 2 rings (SSSR count). The van der Waals surface area contributed by atoms with Gasteiger partial charge in [-0.15, -0.1) is 0 Å². The van der Waals surface area contributed by atoms with Gasteiger partial charge in [-0.3, -0.25) is 4.79 Å². The molecule has 2 aliphatic carbocycles. The van der Waals surface area contributed by atoms with Crippen LogP contribution in [0.3, 0.4) is 0 Å². The molecule has 4 nitrogen and oxygen atoms in total. The maximum Gasteiger partial charge on any atom is 0.304 e. The molecule has 0 radical (unpaired) electrons. The lowest BCUT2D eigenvalue weighted by Crippen LogP contribution is -2.27. The number of rotatable bonds is 10. The van der Waals surface area contributed by atoms with E-state index in [9.17, 15) is 9.18 Å². The number of hydrogen-bond acceptors (Lipinski definition) is 3. The van der Waals surface area contributed by atoms with Crippen molar-refractivity contribution in [1.82, 2.24) is 4.90 Å². The van der Waals surface area contributed by atoms with Gasteiger partial charge in [0.2, 0.25) is 0 Å². The van der Waals surface area contributed by atoms with Crippen LogP contribution in [0.15, 0.2) is 0 Å². The molecule has 2 saturated carbocycles. The fourth-order valence-electron chi connectivity index (χ4n) is 4.35. The van der Waals surface area contributed by atoms with Crippen LogP contribution in [0.5, 0.6) is 0 Å². The van der Waals surface area contributed by atoms with Crippen molar-refractivity contribution in [1.29, 1.82) is 0 Å². The van der Waals surface area contributed by atoms with E-state index in [-0.39, 0.29) is 6.42 Å². The van der Waals surface area contributed by atoms with Gasteiger partial charge < -0.3 is 14.7 Å². The fraction of sp³-hybridized carbons (Fsp3) is 0.950. The Labute approximate surface area is 152 Å². The summed E-state index contributed by atoms with van der Waals surface area (Å²) in [5.74, 6) is 0.844. The maximum absolute atomic E-state index is 13.2. The molecule has 5 heteroatoms. The monoisotopic (exact) mass is 357 g/mol. The third kappa shape index (κ3) is 8.50. The summed E-state index contributed by atoms with van der Waals surface area (Å²) in [6.07, 6.45) is 10.9. The predicted octanol–water partition coefficient (Wildman–Crippen LogP) is 4.28. The molecule has 146 valence electrons. The molecule has 0 aliphatic heterocycles. The molecule has 0 saturated heterocycles. The zero-order valence-corrected chi connectivity index (χ0v) is 15.8. The number of nitrogens with zero attached hydrogens (tertiary/aromatic N) is 1. The number of alkyl halides is 1. The molecule has 0 amide bonds. The smallest absolute Gasteiger partial charge is 0.304 e. The van der Waals surface area contributed by atoms with E-state index in [0.29, 0.717) is 12.6 Å². The number of hydrogen-bond donors (Lipinski definition) is 1. The molecule has 0 aromatic carbocycles. The lowest BCUT2D eigenvalue weighted by Gasteiger charge is -2.33. The van der Waals surface area contributed by atoms with Gasteiger partial charge in [-0.2, -0.15) is 0 Å². The van der Waals surface area contributed by atoms with Crippen LogP contribution in [0.4, 0.5) is 4.39 Å². The minimum atomic E-state index is -0.738. The van der Waals surface area contributed by atoms with Crippen LogP contribution in [-0.2, 0) is 9.53 Å². The van der Waals surface area contributed by atoms with Crippen molar-refractivity contribution in [3.8, 4) is 0 Å². The van der Waals surface area contributed by atoms with Crippen LogP contribution >= 0.6 is 0 Å². The average molecular weight is 358 g/mol. The van der Waals surface area contributed by atoms with E-state index < -0.39 is 12.1 Å². The topological polar surface area (TPSA) is 49.8 Å². The third-order valence-corrected chi connectivity index (χ3v) is 5.98. The van der Waals surface area contributed by atoms with Crippen molar-refractivity contribution >= 4 is 5.97 Å². The Balaban J connectivity index is 1.49. The van der Waals surface area contributed by atoms with Gasteiger partial charge in [0, 0.05) is 19.7 Å². The summed E-state index contributed by atoms with van der Waals surface area (Å²) < 4.78 is 19.2. The molecule has 0 bridgehead atoms. The quantitative estimate of drug-likeness (QED) is 0.593. The Hall–Kier alpha value is -0.680. The largest absolute Gasteiger partial charge is 0.481 e. The van der Waals surface area contributed by atoms with Crippen molar-refractivity contribution in [2.75, 3.05) is 26.7 Å². The van der Waals surface area contributed by atoms with E-state index in [1.165, 1.54) is 19.3 Å². The fourth-order valence-corrected chi connectivity index (χ4v) is 4.35. The molecule has 0 unspecified atom stereocenters. The number of aliphatic carboxylic acids is 1. The summed E-state index contributed by atoms with van der Waals surface area (Å²) in [4.78, 5) is 12.6. The number of ether oxygens (including phenoxy) is 1. The number of carboxylic acid groups (broad SMARTS) is 1. The second-order valence-electron chi connectivity index (χ2n) is 8.17. The first kappa shape index (κ1) is 20.6. The van der Waals surface area contributed by atoms with Gasteiger partial charge in [0.15, 0.2) is 0 Å². The minimum absolute atomic E-state index is 0.203. The zero-order valence-electron chi connectivity index (χ0n) is 15.8. The Kier molecular flexibility index (Phi) is 9.18. The number of halogens is 1. The summed E-state index contributed by atoms with van der Waals surface area (Å²) in [5.41, 5.74) is 0. The van der Waals surface area contributed by atoms with Gasteiger partial charge in [0.05, 0.1) is 12.5 Å². The van der Waals surface area contributed by atoms with E-state index in [4.69, 9.17) is 9.84 Å².